The van der Waals surface area contributed by atoms with E-state index in [-0.39, 0.29) is 11.8 Å². The molecule has 0 aliphatic heterocycles. The van der Waals surface area contributed by atoms with E-state index >= 15 is 0 Å². The van der Waals surface area contributed by atoms with Gasteiger partial charge in [0.2, 0.25) is 0 Å². The van der Waals surface area contributed by atoms with E-state index in [1.165, 1.54) is 12.8 Å². The van der Waals surface area contributed by atoms with Crippen LogP contribution in [0.25, 0.3) is 0 Å². The summed E-state index contributed by atoms with van der Waals surface area (Å²) in [6.07, 6.45) is 2.45. The van der Waals surface area contributed by atoms with Crippen molar-refractivity contribution in [3.05, 3.63) is 24.3 Å². The van der Waals surface area contributed by atoms with Gasteiger partial charge in [-0.2, -0.15) is 0 Å². The number of benzene rings is 1. The second-order valence-electron chi connectivity index (χ2n) is 3.81. The summed E-state index contributed by atoms with van der Waals surface area (Å²) in [5.41, 5.74) is 5.88. The molecular formula is C11H15NO2. The van der Waals surface area contributed by atoms with Gasteiger partial charge in [0.25, 0.3) is 0 Å². The summed E-state index contributed by atoms with van der Waals surface area (Å²) in [7, 11) is 0. The Morgan fingerprint density at radius 3 is 2.93 bits per heavy atom. The van der Waals surface area contributed by atoms with Crippen molar-refractivity contribution in [2.24, 2.45) is 11.7 Å². The van der Waals surface area contributed by atoms with Crippen molar-refractivity contribution >= 4 is 0 Å². The zero-order valence-corrected chi connectivity index (χ0v) is 8.02. The maximum absolute atomic E-state index is 9.19. The fourth-order valence-electron chi connectivity index (χ4n) is 1.43. The number of hydrogen-bond donors (Lipinski definition) is 2. The molecule has 1 unspecified atom stereocenters. The summed E-state index contributed by atoms with van der Waals surface area (Å²) in [4.78, 5) is 0. The second-order valence-corrected chi connectivity index (χ2v) is 3.81. The number of phenols is 1. The molecular weight excluding hydrogens is 178 g/mol. The van der Waals surface area contributed by atoms with E-state index in [4.69, 9.17) is 10.5 Å². The minimum atomic E-state index is 0.136. The summed E-state index contributed by atoms with van der Waals surface area (Å²) in [6.45, 7) is 0.536. The Labute approximate surface area is 83.5 Å². The van der Waals surface area contributed by atoms with Crippen molar-refractivity contribution in [2.75, 3.05) is 6.61 Å². The van der Waals surface area contributed by atoms with E-state index in [2.05, 4.69) is 0 Å². The first kappa shape index (κ1) is 9.34. The maximum Gasteiger partial charge on any atom is 0.123 e. The summed E-state index contributed by atoms with van der Waals surface area (Å²) in [5.74, 6) is 1.55. The molecule has 1 fully saturated rings. The van der Waals surface area contributed by atoms with Crippen molar-refractivity contribution in [3.8, 4) is 11.5 Å². The van der Waals surface area contributed by atoms with Crippen LogP contribution in [0, 0.1) is 5.92 Å². The lowest BCUT2D eigenvalue weighted by Crippen LogP contribution is -2.29. The van der Waals surface area contributed by atoms with E-state index in [1.54, 1.807) is 18.2 Å². The van der Waals surface area contributed by atoms with E-state index in [1.807, 2.05) is 6.07 Å². The van der Waals surface area contributed by atoms with Gasteiger partial charge < -0.3 is 15.6 Å². The zero-order chi connectivity index (χ0) is 9.97. The van der Waals surface area contributed by atoms with Crippen LogP contribution >= 0.6 is 0 Å². The molecule has 3 nitrogen and oxygen atoms in total. The number of ether oxygens (including phenoxy) is 1. The molecule has 0 saturated heterocycles. The van der Waals surface area contributed by atoms with Gasteiger partial charge >= 0.3 is 0 Å². The summed E-state index contributed by atoms with van der Waals surface area (Å²) in [6, 6.07) is 6.93. The first-order valence-corrected chi connectivity index (χ1v) is 4.93. The monoisotopic (exact) mass is 193 g/mol. The Morgan fingerprint density at radius 1 is 1.50 bits per heavy atom. The number of aromatic hydroxyl groups is 1. The SMILES string of the molecule is NC(COc1cccc(O)c1)C1CC1. The van der Waals surface area contributed by atoms with Crippen LogP contribution in [-0.2, 0) is 0 Å². The van der Waals surface area contributed by atoms with Crippen molar-refractivity contribution < 1.29 is 9.84 Å². The van der Waals surface area contributed by atoms with Crippen LogP contribution in [0.4, 0.5) is 0 Å². The molecule has 1 aromatic carbocycles. The van der Waals surface area contributed by atoms with Crippen molar-refractivity contribution in [2.45, 2.75) is 18.9 Å². The summed E-state index contributed by atoms with van der Waals surface area (Å²) in [5, 5.41) is 9.19. The van der Waals surface area contributed by atoms with Crippen LogP contribution in [0.15, 0.2) is 24.3 Å². The lowest BCUT2D eigenvalue weighted by Gasteiger charge is -2.11. The maximum atomic E-state index is 9.19. The minimum absolute atomic E-state index is 0.136. The van der Waals surface area contributed by atoms with Crippen LogP contribution in [0.5, 0.6) is 11.5 Å². The highest BCUT2D eigenvalue weighted by molar-refractivity contribution is 5.31. The molecule has 76 valence electrons. The molecule has 3 N–H and O–H groups in total. The molecule has 1 atom stereocenters. The van der Waals surface area contributed by atoms with Crippen LogP contribution in [0.2, 0.25) is 0 Å². The number of rotatable bonds is 4. The third kappa shape index (κ3) is 2.39. The standard InChI is InChI=1S/C11H15NO2/c12-11(8-4-5-8)7-14-10-3-1-2-9(13)6-10/h1-3,6,8,11,13H,4-5,7,12H2. The Bertz CT molecular complexity index is 310. The van der Waals surface area contributed by atoms with Gasteiger partial charge in [-0.1, -0.05) is 6.07 Å². The first-order valence-electron chi connectivity index (χ1n) is 4.93. The predicted molar refractivity (Wildman–Crippen MR) is 54.3 cm³/mol. The minimum Gasteiger partial charge on any atom is -0.508 e. The lowest BCUT2D eigenvalue weighted by molar-refractivity contribution is 0.275. The van der Waals surface area contributed by atoms with Gasteiger partial charge in [0, 0.05) is 12.1 Å². The molecule has 0 spiro atoms. The Morgan fingerprint density at radius 2 is 2.29 bits per heavy atom. The van der Waals surface area contributed by atoms with E-state index in [0.717, 1.165) is 0 Å². The molecule has 0 radical (unpaired) electrons. The quantitative estimate of drug-likeness (QED) is 0.762. The molecule has 2 rings (SSSR count). The number of phenolic OH excluding ortho intramolecular Hbond substituents is 1. The number of nitrogens with two attached hydrogens (primary N) is 1. The summed E-state index contributed by atoms with van der Waals surface area (Å²) < 4.78 is 5.46. The van der Waals surface area contributed by atoms with E-state index in [9.17, 15) is 5.11 Å². The molecule has 1 aliphatic rings. The molecule has 1 aromatic rings. The molecule has 3 heteroatoms. The molecule has 0 bridgehead atoms. The highest BCUT2D eigenvalue weighted by Gasteiger charge is 2.28. The zero-order valence-electron chi connectivity index (χ0n) is 8.02. The highest BCUT2D eigenvalue weighted by atomic mass is 16.5. The molecule has 1 aliphatic carbocycles. The molecule has 0 aromatic heterocycles. The summed E-state index contributed by atoms with van der Waals surface area (Å²) >= 11 is 0. The Kier molecular flexibility index (Phi) is 2.59. The van der Waals surface area contributed by atoms with Crippen molar-refractivity contribution in [1.29, 1.82) is 0 Å². The fraction of sp³-hybridized carbons (Fsp3) is 0.455. The van der Waals surface area contributed by atoms with Crippen LogP contribution in [-0.4, -0.2) is 17.8 Å². The van der Waals surface area contributed by atoms with Gasteiger partial charge in [0.05, 0.1) is 0 Å². The van der Waals surface area contributed by atoms with Crippen LogP contribution in [0.3, 0.4) is 0 Å². The second kappa shape index (κ2) is 3.88. The molecule has 1 saturated carbocycles. The normalized spacial score (nSPS) is 17.8. The van der Waals surface area contributed by atoms with Gasteiger partial charge in [-0.25, -0.2) is 0 Å². The molecule has 14 heavy (non-hydrogen) atoms. The fourth-order valence-corrected chi connectivity index (χ4v) is 1.43. The van der Waals surface area contributed by atoms with Gasteiger partial charge in [0.15, 0.2) is 0 Å². The topological polar surface area (TPSA) is 55.5 Å². The smallest absolute Gasteiger partial charge is 0.123 e. The predicted octanol–water partition coefficient (Wildman–Crippen LogP) is 1.51. The number of hydrogen-bond acceptors (Lipinski definition) is 3. The third-order valence-corrected chi connectivity index (χ3v) is 2.49. The van der Waals surface area contributed by atoms with Gasteiger partial charge in [-0.05, 0) is 30.9 Å². The first-order chi connectivity index (χ1) is 6.75. The van der Waals surface area contributed by atoms with Crippen molar-refractivity contribution in [1.82, 2.24) is 0 Å². The van der Waals surface area contributed by atoms with Gasteiger partial charge in [0.1, 0.15) is 18.1 Å². The molecule has 0 amide bonds. The van der Waals surface area contributed by atoms with E-state index in [0.29, 0.717) is 18.3 Å². The van der Waals surface area contributed by atoms with E-state index < -0.39 is 0 Å². The molecule has 0 heterocycles. The van der Waals surface area contributed by atoms with Crippen molar-refractivity contribution in [3.63, 3.8) is 0 Å². The average Bonchev–Trinajstić information content (AvgIpc) is 2.97. The Balaban J connectivity index is 1.84. The lowest BCUT2D eigenvalue weighted by atomic mass is 10.2. The van der Waals surface area contributed by atoms with Gasteiger partial charge in [-0.15, -0.1) is 0 Å². The Hall–Kier alpha value is -1.22. The van der Waals surface area contributed by atoms with Gasteiger partial charge in [-0.3, -0.25) is 0 Å². The average molecular weight is 193 g/mol. The van der Waals surface area contributed by atoms with Crippen LogP contribution < -0.4 is 10.5 Å². The largest absolute Gasteiger partial charge is 0.508 e. The van der Waals surface area contributed by atoms with Crippen LogP contribution in [0.1, 0.15) is 12.8 Å². The highest BCUT2D eigenvalue weighted by Crippen LogP contribution is 2.31. The third-order valence-electron chi connectivity index (χ3n) is 2.49.